The molecule has 0 unspecified atom stereocenters. The molecule has 0 aliphatic carbocycles. The topological polar surface area (TPSA) is 71.1 Å². The maximum absolute atomic E-state index is 13.0. The van der Waals surface area contributed by atoms with E-state index in [1.54, 1.807) is 35.4 Å². The Hall–Kier alpha value is -0.223. The highest BCUT2D eigenvalue weighted by Crippen LogP contribution is 2.38. The average Bonchev–Trinajstić information content (AvgIpc) is 2.83. The molecule has 0 atom stereocenters. The Bertz CT molecular complexity index is 592. The van der Waals surface area contributed by atoms with E-state index in [1.807, 2.05) is 0 Å². The minimum Gasteiger partial charge on any atom is -0.465 e. The Balaban J connectivity index is 4.62. The third kappa shape index (κ3) is 15.2. The first kappa shape index (κ1) is 36.8. The summed E-state index contributed by atoms with van der Waals surface area (Å²) < 4.78 is 22.8. The smallest absolute Gasteiger partial charge is 0.328 e. The Morgan fingerprint density at radius 3 is 1.65 bits per heavy atom. The highest BCUT2D eigenvalue weighted by Gasteiger charge is 2.52. The molecule has 0 aliphatic heterocycles. The number of ether oxygens (including phenoxy) is 3. The van der Waals surface area contributed by atoms with Crippen molar-refractivity contribution in [3.05, 3.63) is 0 Å². The fourth-order valence-electron chi connectivity index (χ4n) is 3.41. The summed E-state index contributed by atoms with van der Waals surface area (Å²) in [7, 11) is 1.16. The van der Waals surface area contributed by atoms with Crippen LogP contribution in [0.2, 0.25) is 18.1 Å². The standard InChI is InChI=1S/C28H56O6S2Si/c1-9-12-13-14-15-16-17-18-19-20-21-35-36-24-31-22-28(25(29)32-10-2,26(30)33-11-3)23-34-37(7,8)27(4,5)6/h9-24H2,1-8H3. The summed E-state index contributed by atoms with van der Waals surface area (Å²) in [5.41, 5.74) is -1.62. The van der Waals surface area contributed by atoms with Crippen LogP contribution in [0.1, 0.15) is 106 Å². The van der Waals surface area contributed by atoms with E-state index in [1.165, 1.54) is 64.2 Å². The zero-order valence-electron chi connectivity index (χ0n) is 25.1. The van der Waals surface area contributed by atoms with Gasteiger partial charge in [0.2, 0.25) is 5.41 Å². The Kier molecular flexibility index (Phi) is 20.5. The first-order valence-electron chi connectivity index (χ1n) is 14.3. The van der Waals surface area contributed by atoms with Crippen molar-refractivity contribution < 1.29 is 28.2 Å². The van der Waals surface area contributed by atoms with Gasteiger partial charge < -0.3 is 18.6 Å². The molecule has 0 saturated heterocycles. The summed E-state index contributed by atoms with van der Waals surface area (Å²) in [4.78, 5) is 26.1. The molecule has 0 aromatic carbocycles. The predicted octanol–water partition coefficient (Wildman–Crippen LogP) is 8.40. The van der Waals surface area contributed by atoms with Crippen molar-refractivity contribution in [1.29, 1.82) is 0 Å². The van der Waals surface area contributed by atoms with Crippen LogP contribution in [0.5, 0.6) is 0 Å². The van der Waals surface area contributed by atoms with E-state index in [9.17, 15) is 9.59 Å². The molecule has 37 heavy (non-hydrogen) atoms. The van der Waals surface area contributed by atoms with Crippen LogP contribution in [-0.4, -0.2) is 58.4 Å². The van der Waals surface area contributed by atoms with Crippen molar-refractivity contribution in [2.75, 3.05) is 38.1 Å². The van der Waals surface area contributed by atoms with E-state index in [0.29, 0.717) is 5.94 Å². The van der Waals surface area contributed by atoms with E-state index in [2.05, 4.69) is 40.8 Å². The molecule has 0 N–H and O–H groups in total. The molecule has 0 aromatic rings. The van der Waals surface area contributed by atoms with Gasteiger partial charge in [0.25, 0.3) is 0 Å². The molecule has 0 heterocycles. The lowest BCUT2D eigenvalue weighted by molar-refractivity contribution is -0.179. The summed E-state index contributed by atoms with van der Waals surface area (Å²) >= 11 is 0. The summed E-state index contributed by atoms with van der Waals surface area (Å²) in [6.07, 6.45) is 13.3. The molecule has 0 bridgehead atoms. The molecule has 0 rings (SSSR count). The second kappa shape index (κ2) is 20.6. The second-order valence-corrected chi connectivity index (χ2v) is 18.5. The van der Waals surface area contributed by atoms with Gasteiger partial charge in [-0.2, -0.15) is 0 Å². The minimum absolute atomic E-state index is 0.0654. The SMILES string of the molecule is CCCCCCCCCCCCSSCOCC(CO[Si](C)(C)C(C)(C)C)(C(=O)OCC)C(=O)OCC. The molecule has 6 nitrogen and oxygen atoms in total. The predicted molar refractivity (Wildman–Crippen MR) is 162 cm³/mol. The fourth-order valence-corrected chi connectivity index (χ4v) is 6.23. The van der Waals surface area contributed by atoms with E-state index in [4.69, 9.17) is 18.6 Å². The monoisotopic (exact) mass is 580 g/mol. The maximum atomic E-state index is 13.0. The minimum atomic E-state index is -2.22. The van der Waals surface area contributed by atoms with Gasteiger partial charge in [0.15, 0.2) is 8.32 Å². The van der Waals surface area contributed by atoms with Crippen molar-refractivity contribution in [3.63, 3.8) is 0 Å². The summed E-state index contributed by atoms with van der Waals surface area (Å²) in [5.74, 6) is 0.161. The third-order valence-corrected chi connectivity index (χ3v) is 13.6. The largest absolute Gasteiger partial charge is 0.465 e. The van der Waals surface area contributed by atoms with Crippen molar-refractivity contribution >= 4 is 41.8 Å². The lowest BCUT2D eigenvalue weighted by Gasteiger charge is -2.39. The average molecular weight is 581 g/mol. The first-order valence-corrected chi connectivity index (χ1v) is 19.7. The molecule has 0 aromatic heterocycles. The van der Waals surface area contributed by atoms with Crippen LogP contribution in [0.15, 0.2) is 0 Å². The lowest BCUT2D eigenvalue weighted by Crippen LogP contribution is -2.53. The molecule has 0 fully saturated rings. The Labute approximate surface area is 237 Å². The van der Waals surface area contributed by atoms with Gasteiger partial charge in [-0.25, -0.2) is 0 Å². The van der Waals surface area contributed by atoms with Crippen LogP contribution >= 0.6 is 21.6 Å². The Morgan fingerprint density at radius 2 is 1.19 bits per heavy atom. The van der Waals surface area contributed by atoms with Gasteiger partial charge in [0.1, 0.15) is 5.94 Å². The van der Waals surface area contributed by atoms with Gasteiger partial charge in [-0.1, -0.05) is 107 Å². The van der Waals surface area contributed by atoms with E-state index < -0.39 is 25.7 Å². The first-order chi connectivity index (χ1) is 17.5. The van der Waals surface area contributed by atoms with Crippen LogP contribution in [0, 0.1) is 5.41 Å². The number of carbonyl (C=O) groups is 2. The maximum Gasteiger partial charge on any atom is 0.328 e. The van der Waals surface area contributed by atoms with Crippen molar-refractivity contribution in [3.8, 4) is 0 Å². The molecular formula is C28H56O6S2Si. The highest BCUT2D eigenvalue weighted by molar-refractivity contribution is 8.76. The summed E-state index contributed by atoms with van der Waals surface area (Å²) in [5, 5.41) is -0.0654. The lowest BCUT2D eigenvalue weighted by atomic mass is 9.90. The van der Waals surface area contributed by atoms with Crippen molar-refractivity contribution in [2.45, 2.75) is 124 Å². The Morgan fingerprint density at radius 1 is 0.703 bits per heavy atom. The number of rotatable bonds is 23. The molecule has 9 heteroatoms. The van der Waals surface area contributed by atoms with E-state index in [0.717, 1.165) is 5.75 Å². The van der Waals surface area contributed by atoms with Crippen LogP contribution in [0.3, 0.4) is 0 Å². The number of hydrogen-bond acceptors (Lipinski definition) is 8. The number of hydrogen-bond donors (Lipinski definition) is 0. The van der Waals surface area contributed by atoms with E-state index >= 15 is 0 Å². The van der Waals surface area contributed by atoms with Gasteiger partial charge in [0.05, 0.1) is 26.4 Å². The molecule has 0 radical (unpaired) electrons. The van der Waals surface area contributed by atoms with Gasteiger partial charge in [-0.05, 0) is 38.4 Å². The molecule has 0 saturated carbocycles. The van der Waals surface area contributed by atoms with Crippen molar-refractivity contribution in [1.82, 2.24) is 0 Å². The molecule has 0 spiro atoms. The van der Waals surface area contributed by atoms with Crippen LogP contribution < -0.4 is 0 Å². The molecule has 220 valence electrons. The fraction of sp³-hybridized carbons (Fsp3) is 0.929. The van der Waals surface area contributed by atoms with Crippen LogP contribution in [0.4, 0.5) is 0 Å². The summed E-state index contributed by atoms with van der Waals surface area (Å²) in [6.45, 7) is 16.4. The van der Waals surface area contributed by atoms with E-state index in [-0.39, 0.29) is 31.5 Å². The number of unbranched alkanes of at least 4 members (excludes halogenated alkanes) is 9. The molecular weight excluding hydrogens is 525 g/mol. The quantitative estimate of drug-likeness (QED) is 0.0298. The van der Waals surface area contributed by atoms with Crippen LogP contribution in [0.25, 0.3) is 0 Å². The molecule has 0 aliphatic rings. The summed E-state index contributed by atoms with van der Waals surface area (Å²) in [6, 6.07) is 0. The van der Waals surface area contributed by atoms with Gasteiger partial charge in [-0.3, -0.25) is 9.59 Å². The van der Waals surface area contributed by atoms with Gasteiger partial charge in [-0.15, -0.1) is 0 Å². The zero-order valence-corrected chi connectivity index (χ0v) is 27.7. The van der Waals surface area contributed by atoms with Gasteiger partial charge in [0, 0.05) is 5.75 Å². The van der Waals surface area contributed by atoms with Gasteiger partial charge >= 0.3 is 11.9 Å². The third-order valence-electron chi connectivity index (χ3n) is 6.96. The second-order valence-electron chi connectivity index (χ2n) is 11.2. The normalized spacial score (nSPS) is 12.5. The van der Waals surface area contributed by atoms with Crippen molar-refractivity contribution in [2.24, 2.45) is 5.41 Å². The number of esters is 2. The molecule has 0 amide bonds. The zero-order chi connectivity index (χ0) is 28.2. The number of carbonyl (C=O) groups excluding carboxylic acids is 2. The van der Waals surface area contributed by atoms with Crippen LogP contribution in [-0.2, 0) is 28.2 Å². The highest BCUT2D eigenvalue weighted by atomic mass is 33.1.